The molecule has 1 aromatic carbocycles. The molecule has 94 valence electrons. The van der Waals surface area contributed by atoms with E-state index in [1.165, 1.54) is 0 Å². The zero-order valence-electron chi connectivity index (χ0n) is 9.61. The predicted octanol–water partition coefficient (Wildman–Crippen LogP) is 3.87. The second-order valence-corrected chi connectivity index (χ2v) is 5.05. The van der Waals surface area contributed by atoms with Crippen molar-refractivity contribution in [2.75, 3.05) is 0 Å². The van der Waals surface area contributed by atoms with Crippen molar-refractivity contribution in [1.29, 1.82) is 0 Å². The lowest BCUT2D eigenvalue weighted by Crippen LogP contribution is -2.28. The van der Waals surface area contributed by atoms with Gasteiger partial charge in [0.1, 0.15) is 5.75 Å². The van der Waals surface area contributed by atoms with Crippen LogP contribution >= 0.6 is 23.2 Å². The second-order valence-electron chi connectivity index (χ2n) is 4.18. The number of ether oxygens (including phenoxy) is 1. The summed E-state index contributed by atoms with van der Waals surface area (Å²) in [7, 11) is 0. The number of carbonyl (C=O) groups is 1. The highest BCUT2D eigenvalue weighted by molar-refractivity contribution is 6.34. The maximum Gasteiger partial charge on any atom is 0.344 e. The number of aliphatic carboxylic acids is 1. The monoisotopic (exact) mass is 276 g/mol. The minimum absolute atomic E-state index is 0.228. The second kappa shape index (κ2) is 6.12. The van der Waals surface area contributed by atoms with Crippen LogP contribution in [-0.4, -0.2) is 17.2 Å². The number of benzene rings is 1. The van der Waals surface area contributed by atoms with Crippen LogP contribution in [0.2, 0.25) is 10.0 Å². The minimum atomic E-state index is -0.991. The molecule has 0 heterocycles. The average Bonchev–Trinajstić information content (AvgIpc) is 2.13. The Labute approximate surface area is 110 Å². The number of hydrogen-bond donors (Lipinski definition) is 1. The Kier molecular flexibility index (Phi) is 5.09. The molecule has 17 heavy (non-hydrogen) atoms. The Balaban J connectivity index is 2.82. The van der Waals surface area contributed by atoms with Gasteiger partial charge in [-0.3, -0.25) is 0 Å². The van der Waals surface area contributed by atoms with Crippen molar-refractivity contribution in [2.45, 2.75) is 26.4 Å². The van der Waals surface area contributed by atoms with Crippen molar-refractivity contribution in [2.24, 2.45) is 5.92 Å². The van der Waals surface area contributed by atoms with Crippen molar-refractivity contribution in [3.05, 3.63) is 28.2 Å². The molecule has 5 heteroatoms. The summed E-state index contributed by atoms with van der Waals surface area (Å²) in [4.78, 5) is 11.0. The Hall–Kier alpha value is -0.930. The van der Waals surface area contributed by atoms with E-state index in [1.807, 2.05) is 13.8 Å². The van der Waals surface area contributed by atoms with Gasteiger partial charge in [-0.1, -0.05) is 37.0 Å². The normalized spacial score (nSPS) is 12.5. The summed E-state index contributed by atoms with van der Waals surface area (Å²) in [5.74, 6) is -0.392. The van der Waals surface area contributed by atoms with E-state index >= 15 is 0 Å². The van der Waals surface area contributed by atoms with Gasteiger partial charge in [0, 0.05) is 10.0 Å². The summed E-state index contributed by atoms with van der Waals surface area (Å²) >= 11 is 11.6. The third kappa shape index (κ3) is 4.84. The van der Waals surface area contributed by atoms with Crippen molar-refractivity contribution in [3.63, 3.8) is 0 Å². The first-order chi connectivity index (χ1) is 7.88. The van der Waals surface area contributed by atoms with E-state index in [1.54, 1.807) is 18.2 Å². The molecular weight excluding hydrogens is 263 g/mol. The number of carboxylic acids is 1. The van der Waals surface area contributed by atoms with Crippen LogP contribution < -0.4 is 4.74 Å². The van der Waals surface area contributed by atoms with Gasteiger partial charge in [-0.15, -0.1) is 0 Å². The summed E-state index contributed by atoms with van der Waals surface area (Å²) in [5.41, 5.74) is 0. The van der Waals surface area contributed by atoms with Crippen molar-refractivity contribution in [1.82, 2.24) is 0 Å². The lowest BCUT2D eigenvalue weighted by Gasteiger charge is -2.17. The van der Waals surface area contributed by atoms with E-state index in [0.717, 1.165) is 0 Å². The van der Waals surface area contributed by atoms with Crippen LogP contribution in [0, 0.1) is 5.92 Å². The fraction of sp³-hybridized carbons (Fsp3) is 0.417. The number of halogens is 2. The molecule has 1 unspecified atom stereocenters. The van der Waals surface area contributed by atoms with Gasteiger partial charge in [0.2, 0.25) is 0 Å². The average molecular weight is 277 g/mol. The molecule has 1 atom stereocenters. The summed E-state index contributed by atoms with van der Waals surface area (Å²) in [6.07, 6.45) is -0.455. The van der Waals surface area contributed by atoms with Gasteiger partial charge in [0.15, 0.2) is 6.10 Å². The number of hydrogen-bond acceptors (Lipinski definition) is 2. The molecule has 3 nitrogen and oxygen atoms in total. The first-order valence-corrected chi connectivity index (χ1v) is 5.99. The molecule has 0 bridgehead atoms. The van der Waals surface area contributed by atoms with Crippen LogP contribution in [-0.2, 0) is 4.79 Å². The van der Waals surface area contributed by atoms with E-state index in [-0.39, 0.29) is 5.92 Å². The topological polar surface area (TPSA) is 46.5 Å². The van der Waals surface area contributed by atoms with Crippen LogP contribution in [0.4, 0.5) is 0 Å². The van der Waals surface area contributed by atoms with Crippen LogP contribution in [0.5, 0.6) is 5.75 Å². The summed E-state index contributed by atoms with van der Waals surface area (Å²) in [6.45, 7) is 3.87. The van der Waals surface area contributed by atoms with Gasteiger partial charge in [-0.05, 0) is 30.5 Å². The molecule has 0 spiro atoms. The summed E-state index contributed by atoms with van der Waals surface area (Å²) in [6, 6.07) is 4.65. The largest absolute Gasteiger partial charge is 0.479 e. The lowest BCUT2D eigenvalue weighted by atomic mass is 10.1. The highest BCUT2D eigenvalue weighted by atomic mass is 35.5. The van der Waals surface area contributed by atoms with Crippen molar-refractivity contribution < 1.29 is 14.6 Å². The molecule has 0 amide bonds. The maximum absolute atomic E-state index is 11.0. The molecular formula is C12H14Cl2O3. The van der Waals surface area contributed by atoms with Gasteiger partial charge in [-0.25, -0.2) is 4.79 Å². The summed E-state index contributed by atoms with van der Waals surface area (Å²) < 4.78 is 5.38. The Morgan fingerprint density at radius 3 is 2.24 bits per heavy atom. The molecule has 1 N–H and O–H groups in total. The fourth-order valence-corrected chi connectivity index (χ4v) is 1.89. The van der Waals surface area contributed by atoms with Crippen molar-refractivity contribution >= 4 is 29.2 Å². The Morgan fingerprint density at radius 1 is 1.29 bits per heavy atom. The SMILES string of the molecule is CC(C)CC(Oc1cc(Cl)cc(Cl)c1)C(=O)O. The van der Waals surface area contributed by atoms with Gasteiger partial charge < -0.3 is 9.84 Å². The third-order valence-electron chi connectivity index (χ3n) is 2.08. The van der Waals surface area contributed by atoms with Gasteiger partial charge >= 0.3 is 5.97 Å². The third-order valence-corrected chi connectivity index (χ3v) is 2.51. The van der Waals surface area contributed by atoms with Crippen LogP contribution in [0.25, 0.3) is 0 Å². The highest BCUT2D eigenvalue weighted by Crippen LogP contribution is 2.25. The van der Waals surface area contributed by atoms with E-state index in [2.05, 4.69) is 0 Å². The molecule has 0 aliphatic carbocycles. The molecule has 0 aliphatic heterocycles. The molecule has 0 aromatic heterocycles. The molecule has 1 rings (SSSR count). The molecule has 0 aliphatic rings. The fourth-order valence-electron chi connectivity index (χ4n) is 1.39. The lowest BCUT2D eigenvalue weighted by molar-refractivity contribution is -0.145. The molecule has 0 fully saturated rings. The Morgan fingerprint density at radius 2 is 1.82 bits per heavy atom. The van der Waals surface area contributed by atoms with Crippen LogP contribution in [0.3, 0.4) is 0 Å². The van der Waals surface area contributed by atoms with E-state index in [9.17, 15) is 4.79 Å². The molecule has 0 saturated carbocycles. The van der Waals surface area contributed by atoms with Crippen molar-refractivity contribution in [3.8, 4) is 5.75 Å². The smallest absolute Gasteiger partial charge is 0.344 e. The van der Waals surface area contributed by atoms with E-state index in [4.69, 9.17) is 33.0 Å². The summed E-state index contributed by atoms with van der Waals surface area (Å²) in [5, 5.41) is 9.87. The highest BCUT2D eigenvalue weighted by Gasteiger charge is 2.21. The minimum Gasteiger partial charge on any atom is -0.479 e. The maximum atomic E-state index is 11.0. The van der Waals surface area contributed by atoms with E-state index < -0.39 is 12.1 Å². The molecule has 1 aromatic rings. The predicted molar refractivity (Wildman–Crippen MR) is 68.0 cm³/mol. The van der Waals surface area contributed by atoms with Crippen LogP contribution in [0.15, 0.2) is 18.2 Å². The standard InChI is InChI=1S/C12H14Cl2O3/c1-7(2)3-11(12(15)16)17-10-5-8(13)4-9(14)6-10/h4-7,11H,3H2,1-2H3,(H,15,16). The first kappa shape index (κ1) is 14.1. The van der Waals surface area contributed by atoms with Crippen LogP contribution in [0.1, 0.15) is 20.3 Å². The van der Waals surface area contributed by atoms with Gasteiger partial charge in [-0.2, -0.15) is 0 Å². The number of carboxylic acid groups (broad SMARTS) is 1. The number of rotatable bonds is 5. The Bertz CT molecular complexity index is 384. The molecule has 0 saturated heterocycles. The first-order valence-electron chi connectivity index (χ1n) is 5.24. The van der Waals surface area contributed by atoms with E-state index in [0.29, 0.717) is 22.2 Å². The zero-order valence-corrected chi connectivity index (χ0v) is 11.1. The molecule has 0 radical (unpaired) electrons. The quantitative estimate of drug-likeness (QED) is 0.888. The zero-order chi connectivity index (χ0) is 13.0. The van der Waals surface area contributed by atoms with Gasteiger partial charge in [0.25, 0.3) is 0 Å². The van der Waals surface area contributed by atoms with Gasteiger partial charge in [0.05, 0.1) is 0 Å².